The lowest BCUT2D eigenvalue weighted by atomic mass is 9.60. The lowest BCUT2D eigenvalue weighted by molar-refractivity contribution is -0.145. The van der Waals surface area contributed by atoms with Crippen molar-refractivity contribution in [1.82, 2.24) is 16.0 Å². The molecule has 0 spiro atoms. The minimum absolute atomic E-state index is 0.0222. The van der Waals surface area contributed by atoms with E-state index in [1.807, 2.05) is 31.2 Å². The molecule has 2 unspecified atom stereocenters. The van der Waals surface area contributed by atoms with Crippen molar-refractivity contribution in [2.24, 2.45) is 16.7 Å². The summed E-state index contributed by atoms with van der Waals surface area (Å²) in [6, 6.07) is 7.54. The highest BCUT2D eigenvalue weighted by Crippen LogP contribution is 2.49. The first-order valence-electron chi connectivity index (χ1n) is 14.8. The number of hydrogen-bond donors (Lipinski definition) is 3. The van der Waals surface area contributed by atoms with Crippen LogP contribution in [0, 0.1) is 16.7 Å². The number of amides is 3. The molecule has 42 heavy (non-hydrogen) atoms. The summed E-state index contributed by atoms with van der Waals surface area (Å²) in [5, 5.41) is 8.13. The number of esters is 1. The second-order valence-corrected chi connectivity index (χ2v) is 11.5. The molecule has 0 aliphatic heterocycles. The van der Waals surface area contributed by atoms with E-state index in [0.717, 1.165) is 30.4 Å². The van der Waals surface area contributed by atoms with Crippen molar-refractivity contribution < 1.29 is 38.1 Å². The number of nitrogens with one attached hydrogen (secondary N) is 3. The van der Waals surface area contributed by atoms with Crippen LogP contribution in [0.4, 0.5) is 14.4 Å². The molecule has 1 fully saturated rings. The predicted octanol–water partition coefficient (Wildman–Crippen LogP) is 5.70. The maximum absolute atomic E-state index is 11.8. The van der Waals surface area contributed by atoms with Gasteiger partial charge in [0.1, 0.15) is 0 Å². The monoisotopic (exact) mass is 593 g/mol. The maximum Gasteiger partial charge on any atom is 0.407 e. The number of benzene rings is 1. The van der Waals surface area contributed by atoms with Crippen LogP contribution in [0.2, 0.25) is 0 Å². The van der Waals surface area contributed by atoms with Crippen molar-refractivity contribution in [3.63, 3.8) is 0 Å². The van der Waals surface area contributed by atoms with Gasteiger partial charge in [-0.05, 0) is 74.8 Å². The van der Waals surface area contributed by atoms with Crippen molar-refractivity contribution >= 4 is 24.2 Å². The van der Waals surface area contributed by atoms with Gasteiger partial charge < -0.3 is 34.9 Å². The maximum atomic E-state index is 11.8. The fourth-order valence-electron chi connectivity index (χ4n) is 5.61. The highest BCUT2D eigenvalue weighted by atomic mass is 16.6. The van der Waals surface area contributed by atoms with Gasteiger partial charge in [0.25, 0.3) is 0 Å². The fourth-order valence-corrected chi connectivity index (χ4v) is 5.61. The molecule has 0 bridgehead atoms. The van der Waals surface area contributed by atoms with Crippen LogP contribution in [0.5, 0.6) is 0 Å². The van der Waals surface area contributed by atoms with Crippen LogP contribution in [0.3, 0.4) is 0 Å². The standard InChI is InChI=1S/C17H31NO4.C14H20N2O4/c1-6-21-14(19)8-13-9-16(3,4)11-17(5,10-13)12-18-15(20)22-7-2;1-3-19-13(17)15-9-11-6-5-7-12(8-11)10-16-14(18)20-4-2/h13H,6-12H2,1-5H3,(H,18,20);5-8H,3-4,9-10H2,1-2H3,(H,15,17)(H,16,18). The van der Waals surface area contributed by atoms with Gasteiger partial charge in [0.2, 0.25) is 0 Å². The summed E-state index contributed by atoms with van der Waals surface area (Å²) < 4.78 is 19.6. The molecule has 0 heterocycles. The molecular weight excluding hydrogens is 542 g/mol. The smallest absolute Gasteiger partial charge is 0.407 e. The Morgan fingerprint density at radius 2 is 1.21 bits per heavy atom. The SMILES string of the molecule is CCOC(=O)CC1CC(C)(C)CC(C)(CNC(=O)OCC)C1.CCOC(=O)NCc1cccc(CNC(=O)OCC)c1. The van der Waals surface area contributed by atoms with Crippen LogP contribution < -0.4 is 16.0 Å². The van der Waals surface area contributed by atoms with Crippen molar-refractivity contribution in [3.05, 3.63) is 35.4 Å². The van der Waals surface area contributed by atoms with Crippen molar-refractivity contribution in [1.29, 1.82) is 0 Å². The van der Waals surface area contributed by atoms with Gasteiger partial charge in [0.15, 0.2) is 0 Å². The Labute approximate surface area is 250 Å². The van der Waals surface area contributed by atoms with E-state index in [0.29, 0.717) is 58.4 Å². The summed E-state index contributed by atoms with van der Waals surface area (Å²) >= 11 is 0. The Balaban J connectivity index is 0.000000422. The second kappa shape index (κ2) is 18.8. The van der Waals surface area contributed by atoms with Crippen LogP contribution in [-0.2, 0) is 36.8 Å². The largest absolute Gasteiger partial charge is 0.466 e. The summed E-state index contributed by atoms with van der Waals surface area (Å²) in [6.45, 7) is 16.6. The molecule has 2 atom stereocenters. The Morgan fingerprint density at radius 3 is 1.69 bits per heavy atom. The van der Waals surface area contributed by atoms with Gasteiger partial charge >= 0.3 is 24.2 Å². The van der Waals surface area contributed by atoms with Gasteiger partial charge in [0.05, 0.1) is 26.4 Å². The number of rotatable bonds is 12. The molecule has 11 heteroatoms. The average molecular weight is 594 g/mol. The lowest BCUT2D eigenvalue weighted by Gasteiger charge is -2.46. The molecule has 3 amide bonds. The van der Waals surface area contributed by atoms with Crippen LogP contribution in [0.25, 0.3) is 0 Å². The molecule has 1 aliphatic carbocycles. The second-order valence-electron chi connectivity index (χ2n) is 11.5. The van der Waals surface area contributed by atoms with Crippen LogP contribution in [0.15, 0.2) is 24.3 Å². The third-order valence-corrected chi connectivity index (χ3v) is 6.64. The first kappa shape index (κ1) is 36.5. The minimum Gasteiger partial charge on any atom is -0.466 e. The summed E-state index contributed by atoms with van der Waals surface area (Å²) in [5.41, 5.74) is 1.99. The number of carbonyl (C=O) groups is 4. The summed E-state index contributed by atoms with van der Waals surface area (Å²) in [5.74, 6) is 0.183. The molecule has 238 valence electrons. The van der Waals surface area contributed by atoms with E-state index >= 15 is 0 Å². The van der Waals surface area contributed by atoms with E-state index in [1.54, 1.807) is 20.8 Å². The molecule has 11 nitrogen and oxygen atoms in total. The fraction of sp³-hybridized carbons (Fsp3) is 0.677. The quantitative estimate of drug-likeness (QED) is 0.207. The first-order valence-corrected chi connectivity index (χ1v) is 14.8. The highest BCUT2D eigenvalue weighted by molar-refractivity contribution is 5.70. The van der Waals surface area contributed by atoms with Gasteiger partial charge in [-0.1, -0.05) is 45.0 Å². The van der Waals surface area contributed by atoms with E-state index in [1.165, 1.54) is 0 Å². The van der Waals surface area contributed by atoms with Crippen LogP contribution >= 0.6 is 0 Å². The molecule has 2 rings (SSSR count). The zero-order valence-electron chi connectivity index (χ0n) is 26.4. The van der Waals surface area contributed by atoms with Crippen LogP contribution in [-0.4, -0.2) is 57.2 Å². The number of carbonyl (C=O) groups excluding carboxylic acids is 4. The van der Waals surface area contributed by atoms with Gasteiger partial charge in [-0.15, -0.1) is 0 Å². The van der Waals surface area contributed by atoms with E-state index in [4.69, 9.17) is 18.9 Å². The topological polar surface area (TPSA) is 141 Å². The van der Waals surface area contributed by atoms with Gasteiger partial charge in [-0.2, -0.15) is 0 Å². The molecular formula is C31H51N3O8. The molecule has 1 aliphatic rings. The normalized spacial score (nSPS) is 18.8. The number of hydrogen-bond acceptors (Lipinski definition) is 8. The zero-order chi connectivity index (χ0) is 31.6. The molecule has 0 saturated heterocycles. The van der Waals surface area contributed by atoms with Crippen molar-refractivity contribution in [2.45, 2.75) is 87.2 Å². The lowest BCUT2D eigenvalue weighted by Crippen LogP contribution is -2.44. The van der Waals surface area contributed by atoms with E-state index < -0.39 is 12.2 Å². The number of alkyl carbamates (subject to hydrolysis) is 3. The van der Waals surface area contributed by atoms with Crippen molar-refractivity contribution in [3.8, 4) is 0 Å². The molecule has 0 radical (unpaired) electrons. The highest BCUT2D eigenvalue weighted by Gasteiger charge is 2.42. The first-order chi connectivity index (χ1) is 19.8. The Bertz CT molecular complexity index is 963. The van der Waals surface area contributed by atoms with Crippen molar-refractivity contribution in [2.75, 3.05) is 33.0 Å². The van der Waals surface area contributed by atoms with E-state index in [9.17, 15) is 19.2 Å². The van der Waals surface area contributed by atoms with Gasteiger partial charge in [-0.3, -0.25) is 4.79 Å². The summed E-state index contributed by atoms with van der Waals surface area (Å²) in [7, 11) is 0. The van der Waals surface area contributed by atoms with Gasteiger partial charge in [0, 0.05) is 26.1 Å². The zero-order valence-corrected chi connectivity index (χ0v) is 26.4. The minimum atomic E-state index is -0.442. The predicted molar refractivity (Wildman–Crippen MR) is 160 cm³/mol. The Kier molecular flexibility index (Phi) is 16.4. The average Bonchev–Trinajstić information content (AvgIpc) is 2.90. The molecule has 0 aromatic heterocycles. The third kappa shape index (κ3) is 15.5. The number of ether oxygens (including phenoxy) is 4. The van der Waals surface area contributed by atoms with E-state index in [2.05, 4.69) is 36.7 Å². The Morgan fingerprint density at radius 1 is 0.738 bits per heavy atom. The van der Waals surface area contributed by atoms with Gasteiger partial charge in [-0.25, -0.2) is 14.4 Å². The molecule has 1 saturated carbocycles. The molecule has 3 N–H and O–H groups in total. The molecule has 1 aromatic carbocycles. The summed E-state index contributed by atoms with van der Waals surface area (Å²) in [6.07, 6.45) is 2.17. The summed E-state index contributed by atoms with van der Waals surface area (Å²) in [4.78, 5) is 45.7. The van der Waals surface area contributed by atoms with E-state index in [-0.39, 0.29) is 22.9 Å². The molecule has 1 aromatic rings. The Hall–Kier alpha value is -3.50. The van der Waals surface area contributed by atoms with Crippen LogP contribution in [0.1, 0.15) is 85.3 Å². The third-order valence-electron chi connectivity index (χ3n) is 6.64.